The van der Waals surface area contributed by atoms with E-state index in [-0.39, 0.29) is 12.8 Å². The number of hydrogen-bond acceptors (Lipinski definition) is 9. The molecule has 0 saturated heterocycles. The third-order valence-corrected chi connectivity index (χ3v) is 5.55. The highest BCUT2D eigenvalue weighted by Crippen LogP contribution is 2.06. The molecule has 0 saturated carbocycles. The predicted octanol–water partition coefficient (Wildman–Crippen LogP) is -1.79. The molecule has 0 radical (unpaired) electrons. The smallest absolute Gasteiger partial charge is 0.326 e. The van der Waals surface area contributed by atoms with E-state index < -0.39 is 66.4 Å². The normalized spacial score (nSPS) is 15.5. The van der Waals surface area contributed by atoms with Gasteiger partial charge in [-0.05, 0) is 43.8 Å². The van der Waals surface area contributed by atoms with Crippen molar-refractivity contribution < 1.29 is 39.3 Å². The number of rotatable bonds is 16. The van der Waals surface area contributed by atoms with Crippen LogP contribution >= 0.6 is 23.5 Å². The molecule has 0 aliphatic carbocycles. The molecule has 0 aromatic carbocycles. The van der Waals surface area contributed by atoms with Gasteiger partial charge in [-0.3, -0.25) is 19.2 Å². The molecule has 0 aromatic heterocycles. The minimum Gasteiger partial charge on any atom is -0.481 e. The number of nitrogens with two attached hydrogens (primary N) is 1. The average Bonchev–Trinajstić information content (AvgIpc) is 2.70. The van der Waals surface area contributed by atoms with Crippen LogP contribution in [0.15, 0.2) is 0 Å². The van der Waals surface area contributed by atoms with Gasteiger partial charge in [0, 0.05) is 0 Å². The zero-order valence-electron chi connectivity index (χ0n) is 18.2. The Bertz CT molecular complexity index is 665. The van der Waals surface area contributed by atoms with E-state index in [1.54, 1.807) is 12.5 Å². The van der Waals surface area contributed by atoms with Crippen LogP contribution in [-0.4, -0.2) is 99.3 Å². The molecule has 184 valence electrons. The van der Waals surface area contributed by atoms with E-state index in [0.29, 0.717) is 11.5 Å². The van der Waals surface area contributed by atoms with Crippen LogP contribution in [0.1, 0.15) is 26.2 Å². The van der Waals surface area contributed by atoms with Crippen LogP contribution in [0.5, 0.6) is 0 Å². The molecule has 0 aliphatic heterocycles. The summed E-state index contributed by atoms with van der Waals surface area (Å²) in [5, 5.41) is 35.0. The van der Waals surface area contributed by atoms with Crippen LogP contribution in [0.25, 0.3) is 0 Å². The number of carbonyl (C=O) groups is 5. The second-order valence-electron chi connectivity index (χ2n) is 6.95. The summed E-state index contributed by atoms with van der Waals surface area (Å²) in [5.41, 5.74) is 5.52. The van der Waals surface area contributed by atoms with Crippen molar-refractivity contribution in [1.82, 2.24) is 16.0 Å². The van der Waals surface area contributed by atoms with Gasteiger partial charge in [0.05, 0.1) is 18.6 Å². The van der Waals surface area contributed by atoms with Crippen LogP contribution in [0, 0.1) is 0 Å². The molecule has 0 aliphatic rings. The van der Waals surface area contributed by atoms with Crippen molar-refractivity contribution in [2.45, 2.75) is 56.5 Å². The number of carboxylic acids is 2. The molecule has 0 aromatic rings. The van der Waals surface area contributed by atoms with Crippen molar-refractivity contribution in [1.29, 1.82) is 0 Å². The Labute approximate surface area is 194 Å². The van der Waals surface area contributed by atoms with Crippen LogP contribution in [0.3, 0.4) is 0 Å². The second-order valence-corrected chi connectivity index (χ2v) is 8.93. The van der Waals surface area contributed by atoms with E-state index in [2.05, 4.69) is 16.0 Å². The predicted molar refractivity (Wildman–Crippen MR) is 121 cm³/mol. The van der Waals surface area contributed by atoms with E-state index in [0.717, 1.165) is 0 Å². The van der Waals surface area contributed by atoms with Crippen molar-refractivity contribution >= 4 is 53.2 Å². The third-order valence-electron chi connectivity index (χ3n) is 4.26. The van der Waals surface area contributed by atoms with Gasteiger partial charge in [-0.2, -0.15) is 23.5 Å². The van der Waals surface area contributed by atoms with E-state index in [4.69, 9.17) is 10.8 Å². The quantitative estimate of drug-likeness (QED) is 0.127. The summed E-state index contributed by atoms with van der Waals surface area (Å²) in [4.78, 5) is 59.6. The topological polar surface area (TPSA) is 208 Å². The maximum atomic E-state index is 12.7. The first kappa shape index (κ1) is 30.0. The fourth-order valence-corrected chi connectivity index (χ4v) is 3.42. The molecule has 0 rings (SSSR count). The lowest BCUT2D eigenvalue weighted by molar-refractivity contribution is -0.143. The van der Waals surface area contributed by atoms with Crippen molar-refractivity contribution in [3.63, 3.8) is 0 Å². The number of aliphatic hydroxyl groups is 1. The number of nitrogens with one attached hydrogen (secondary N) is 3. The van der Waals surface area contributed by atoms with Gasteiger partial charge in [-0.25, -0.2) is 4.79 Å². The zero-order valence-corrected chi connectivity index (χ0v) is 19.8. The molecule has 0 bridgehead atoms. The Kier molecular flexibility index (Phi) is 14.7. The van der Waals surface area contributed by atoms with Crippen LogP contribution in [-0.2, 0) is 24.0 Å². The van der Waals surface area contributed by atoms with Crippen molar-refractivity contribution in [2.75, 3.05) is 24.0 Å². The first-order valence-electron chi connectivity index (χ1n) is 9.71. The molecule has 8 N–H and O–H groups in total. The number of aliphatic carboxylic acids is 2. The van der Waals surface area contributed by atoms with Crippen LogP contribution < -0.4 is 21.7 Å². The fourth-order valence-electron chi connectivity index (χ4n) is 2.48. The summed E-state index contributed by atoms with van der Waals surface area (Å²) in [5.74, 6) is -4.14. The molecule has 0 fully saturated rings. The first-order valence-corrected chi connectivity index (χ1v) is 12.5. The van der Waals surface area contributed by atoms with Crippen LogP contribution in [0.2, 0.25) is 0 Å². The summed E-state index contributed by atoms with van der Waals surface area (Å²) in [7, 11) is 0. The van der Waals surface area contributed by atoms with Gasteiger partial charge in [-0.1, -0.05) is 0 Å². The van der Waals surface area contributed by atoms with Gasteiger partial charge >= 0.3 is 11.9 Å². The highest BCUT2D eigenvalue weighted by Gasteiger charge is 2.32. The number of thioether (sulfide) groups is 2. The van der Waals surface area contributed by atoms with Gasteiger partial charge in [0.15, 0.2) is 0 Å². The Morgan fingerprint density at radius 1 is 0.844 bits per heavy atom. The largest absolute Gasteiger partial charge is 0.481 e. The standard InChI is InChI=1S/C18H32N4O8S2/c1-9(23)14(17(28)21-12(18(29)30)5-7-32-3)22-16(27)11(4-6-31-2)20-15(26)10(19)8-13(24)25/h9-12,14,23H,4-8,19H2,1-3H3,(H,20,26)(H,21,28)(H,22,27)(H,24,25)(H,29,30). The summed E-state index contributed by atoms with van der Waals surface area (Å²) >= 11 is 2.79. The van der Waals surface area contributed by atoms with Crippen molar-refractivity contribution in [3.8, 4) is 0 Å². The number of amides is 3. The van der Waals surface area contributed by atoms with E-state index in [1.165, 1.54) is 30.4 Å². The highest BCUT2D eigenvalue weighted by atomic mass is 32.2. The molecule has 12 nitrogen and oxygen atoms in total. The molecular weight excluding hydrogens is 464 g/mol. The van der Waals surface area contributed by atoms with Crippen molar-refractivity contribution in [3.05, 3.63) is 0 Å². The van der Waals surface area contributed by atoms with Crippen LogP contribution in [0.4, 0.5) is 0 Å². The molecule has 0 spiro atoms. The lowest BCUT2D eigenvalue weighted by Gasteiger charge is -2.26. The molecular formula is C18H32N4O8S2. The summed E-state index contributed by atoms with van der Waals surface area (Å²) in [6.07, 6.45) is 1.87. The Hall–Kier alpha value is -2.03. The monoisotopic (exact) mass is 496 g/mol. The Balaban J connectivity index is 5.34. The number of carboxylic acid groups (broad SMARTS) is 2. The number of carbonyl (C=O) groups excluding carboxylic acids is 3. The van der Waals surface area contributed by atoms with Gasteiger partial charge in [-0.15, -0.1) is 0 Å². The summed E-state index contributed by atoms with van der Waals surface area (Å²) in [6, 6.07) is -5.19. The average molecular weight is 497 g/mol. The summed E-state index contributed by atoms with van der Waals surface area (Å²) < 4.78 is 0. The number of aliphatic hydroxyl groups excluding tert-OH is 1. The molecule has 32 heavy (non-hydrogen) atoms. The van der Waals surface area contributed by atoms with E-state index in [1.807, 2.05) is 0 Å². The first-order chi connectivity index (χ1) is 14.9. The molecule has 3 amide bonds. The minimum atomic E-state index is -1.47. The highest BCUT2D eigenvalue weighted by molar-refractivity contribution is 7.98. The SMILES string of the molecule is CSCCC(NC(=O)C(NC(=O)C(CCSC)NC(=O)C(N)CC(=O)O)C(C)O)C(=O)O. The maximum Gasteiger partial charge on any atom is 0.326 e. The lowest BCUT2D eigenvalue weighted by Crippen LogP contribution is -2.60. The van der Waals surface area contributed by atoms with E-state index in [9.17, 15) is 34.2 Å². The molecule has 5 atom stereocenters. The van der Waals surface area contributed by atoms with Gasteiger partial charge < -0.3 is 37.0 Å². The molecule has 14 heteroatoms. The van der Waals surface area contributed by atoms with Gasteiger partial charge in [0.1, 0.15) is 18.1 Å². The van der Waals surface area contributed by atoms with Gasteiger partial charge in [0.2, 0.25) is 17.7 Å². The molecule has 0 heterocycles. The zero-order chi connectivity index (χ0) is 24.8. The third kappa shape index (κ3) is 11.5. The van der Waals surface area contributed by atoms with Crippen molar-refractivity contribution in [2.24, 2.45) is 5.73 Å². The lowest BCUT2D eigenvalue weighted by atomic mass is 10.1. The summed E-state index contributed by atoms with van der Waals surface area (Å²) in [6.45, 7) is 1.25. The van der Waals surface area contributed by atoms with E-state index >= 15 is 0 Å². The number of hydrogen-bond donors (Lipinski definition) is 7. The van der Waals surface area contributed by atoms with Gasteiger partial charge in [0.25, 0.3) is 0 Å². The Morgan fingerprint density at radius 2 is 1.34 bits per heavy atom. The molecule has 5 unspecified atom stereocenters. The minimum absolute atomic E-state index is 0.149. The second kappa shape index (κ2) is 15.7. The fraction of sp³-hybridized carbons (Fsp3) is 0.722. The Morgan fingerprint density at radius 3 is 1.78 bits per heavy atom. The maximum absolute atomic E-state index is 12.7.